The molecule has 9 heteroatoms. The number of halogens is 1. The smallest absolute Gasteiger partial charge is 0.267 e. The van der Waals surface area contributed by atoms with Gasteiger partial charge in [0.25, 0.3) is 11.5 Å². The van der Waals surface area contributed by atoms with Crippen LogP contribution in [0.25, 0.3) is 5.82 Å². The number of piperidine rings is 1. The van der Waals surface area contributed by atoms with Crippen LogP contribution >= 0.6 is 11.6 Å². The average molecular weight is 442 g/mol. The Morgan fingerprint density at radius 2 is 1.84 bits per heavy atom. The lowest BCUT2D eigenvalue weighted by atomic mass is 10.0. The molecule has 0 aliphatic carbocycles. The second-order valence-corrected chi connectivity index (χ2v) is 8.12. The van der Waals surface area contributed by atoms with Crippen molar-refractivity contribution in [2.75, 3.05) is 20.2 Å². The van der Waals surface area contributed by atoms with Gasteiger partial charge >= 0.3 is 0 Å². The SMILES string of the molecule is COc1ccc(Cl)cc1C(=O)N1CCC(n2nc(-n3nc(C)cc3C)ccc2=O)CC1. The summed E-state index contributed by atoms with van der Waals surface area (Å²) in [5.41, 5.74) is 2.12. The Balaban J connectivity index is 1.52. The first-order valence-corrected chi connectivity index (χ1v) is 10.5. The van der Waals surface area contributed by atoms with E-state index in [0.717, 1.165) is 11.4 Å². The van der Waals surface area contributed by atoms with Crippen LogP contribution in [-0.4, -0.2) is 50.6 Å². The molecule has 0 saturated carbocycles. The van der Waals surface area contributed by atoms with E-state index in [9.17, 15) is 9.59 Å². The largest absolute Gasteiger partial charge is 0.496 e. The number of rotatable bonds is 4. The van der Waals surface area contributed by atoms with E-state index in [-0.39, 0.29) is 17.5 Å². The Bertz CT molecular complexity index is 1180. The Labute approximate surface area is 185 Å². The number of aryl methyl sites for hydroxylation is 2. The van der Waals surface area contributed by atoms with E-state index >= 15 is 0 Å². The van der Waals surface area contributed by atoms with Crippen molar-refractivity contribution in [1.82, 2.24) is 24.5 Å². The van der Waals surface area contributed by atoms with Gasteiger partial charge in [-0.3, -0.25) is 9.59 Å². The fourth-order valence-electron chi connectivity index (χ4n) is 3.98. The van der Waals surface area contributed by atoms with Crippen molar-refractivity contribution in [3.8, 4) is 11.6 Å². The van der Waals surface area contributed by atoms with Crippen LogP contribution in [0.1, 0.15) is 40.6 Å². The van der Waals surface area contributed by atoms with E-state index in [1.165, 1.54) is 17.9 Å². The highest BCUT2D eigenvalue weighted by Crippen LogP contribution is 2.27. The summed E-state index contributed by atoms with van der Waals surface area (Å²) in [5, 5.41) is 9.51. The first-order chi connectivity index (χ1) is 14.9. The lowest BCUT2D eigenvalue weighted by Gasteiger charge is -2.32. The van der Waals surface area contributed by atoms with Gasteiger partial charge in [-0.1, -0.05) is 11.6 Å². The summed E-state index contributed by atoms with van der Waals surface area (Å²) in [7, 11) is 1.53. The van der Waals surface area contributed by atoms with Crippen molar-refractivity contribution in [2.24, 2.45) is 0 Å². The summed E-state index contributed by atoms with van der Waals surface area (Å²) in [6, 6.07) is 10.1. The number of aromatic nitrogens is 4. The van der Waals surface area contributed by atoms with Gasteiger partial charge in [-0.25, -0.2) is 9.36 Å². The molecule has 1 aliphatic heterocycles. The lowest BCUT2D eigenvalue weighted by Crippen LogP contribution is -2.41. The zero-order chi connectivity index (χ0) is 22.1. The summed E-state index contributed by atoms with van der Waals surface area (Å²) in [5.74, 6) is 0.967. The third kappa shape index (κ3) is 4.20. The van der Waals surface area contributed by atoms with Gasteiger partial charge in [0, 0.05) is 29.9 Å². The molecule has 2 aromatic heterocycles. The van der Waals surface area contributed by atoms with E-state index in [0.29, 0.717) is 48.1 Å². The van der Waals surface area contributed by atoms with E-state index in [4.69, 9.17) is 16.3 Å². The molecule has 0 atom stereocenters. The fraction of sp³-hybridized carbons (Fsp3) is 0.364. The standard InChI is InChI=1S/C22H24ClN5O3/c1-14-12-15(2)27(24-14)20-6-7-21(29)28(25-20)17-8-10-26(11-9-17)22(30)18-13-16(23)4-5-19(18)31-3/h4-7,12-13,17H,8-11H2,1-3H3. The third-order valence-corrected chi connectivity index (χ3v) is 5.76. The van der Waals surface area contributed by atoms with Crippen LogP contribution in [0, 0.1) is 13.8 Å². The van der Waals surface area contributed by atoms with E-state index in [1.807, 2.05) is 19.9 Å². The number of hydrogen-bond donors (Lipinski definition) is 0. The van der Waals surface area contributed by atoms with E-state index < -0.39 is 0 Å². The van der Waals surface area contributed by atoms with Gasteiger partial charge in [0.05, 0.1) is 24.4 Å². The van der Waals surface area contributed by atoms with Crippen LogP contribution in [-0.2, 0) is 0 Å². The first-order valence-electron chi connectivity index (χ1n) is 10.1. The molecular formula is C22H24ClN5O3. The Morgan fingerprint density at radius 1 is 1.10 bits per heavy atom. The molecule has 1 aromatic carbocycles. The number of methoxy groups -OCH3 is 1. The maximum atomic E-state index is 13.0. The molecule has 3 heterocycles. The molecule has 1 saturated heterocycles. The monoisotopic (exact) mass is 441 g/mol. The van der Waals surface area contributed by atoms with Crippen LogP contribution in [0.4, 0.5) is 0 Å². The maximum absolute atomic E-state index is 13.0. The number of benzene rings is 1. The van der Waals surface area contributed by atoms with E-state index in [1.54, 1.807) is 33.8 Å². The molecule has 1 fully saturated rings. The molecule has 0 unspecified atom stereocenters. The Hall–Kier alpha value is -3.13. The minimum atomic E-state index is -0.161. The second kappa shape index (κ2) is 8.55. The quantitative estimate of drug-likeness (QED) is 0.621. The number of likely N-dealkylation sites (tertiary alicyclic amines) is 1. The van der Waals surface area contributed by atoms with Gasteiger partial charge < -0.3 is 9.64 Å². The Morgan fingerprint density at radius 3 is 2.48 bits per heavy atom. The average Bonchev–Trinajstić information content (AvgIpc) is 3.11. The van der Waals surface area contributed by atoms with Crippen molar-refractivity contribution >= 4 is 17.5 Å². The molecule has 8 nitrogen and oxygen atoms in total. The summed E-state index contributed by atoms with van der Waals surface area (Å²) in [6.07, 6.45) is 1.25. The van der Waals surface area contributed by atoms with Gasteiger partial charge in [-0.15, -0.1) is 5.10 Å². The number of carbonyl (C=O) groups is 1. The van der Waals surface area contributed by atoms with Gasteiger partial charge in [-0.2, -0.15) is 5.10 Å². The normalized spacial score (nSPS) is 14.6. The van der Waals surface area contributed by atoms with Crippen molar-refractivity contribution in [3.63, 3.8) is 0 Å². The van der Waals surface area contributed by atoms with Gasteiger partial charge in [-0.05, 0) is 57.0 Å². The molecule has 0 bridgehead atoms. The van der Waals surface area contributed by atoms with Crippen molar-refractivity contribution < 1.29 is 9.53 Å². The highest BCUT2D eigenvalue weighted by Gasteiger charge is 2.27. The zero-order valence-electron chi connectivity index (χ0n) is 17.7. The van der Waals surface area contributed by atoms with Gasteiger partial charge in [0.15, 0.2) is 5.82 Å². The predicted octanol–water partition coefficient (Wildman–Crippen LogP) is 3.19. The topological polar surface area (TPSA) is 82.2 Å². The predicted molar refractivity (Wildman–Crippen MR) is 117 cm³/mol. The van der Waals surface area contributed by atoms with Crippen LogP contribution in [0.15, 0.2) is 41.2 Å². The van der Waals surface area contributed by atoms with Crippen LogP contribution < -0.4 is 10.3 Å². The van der Waals surface area contributed by atoms with Gasteiger partial charge in [0.2, 0.25) is 0 Å². The first kappa shape index (κ1) is 21.1. The zero-order valence-corrected chi connectivity index (χ0v) is 18.5. The third-order valence-electron chi connectivity index (χ3n) is 5.53. The lowest BCUT2D eigenvalue weighted by molar-refractivity contribution is 0.0684. The molecule has 0 radical (unpaired) electrons. The molecule has 3 aromatic rings. The maximum Gasteiger partial charge on any atom is 0.267 e. The molecule has 162 valence electrons. The fourth-order valence-corrected chi connectivity index (χ4v) is 4.15. The highest BCUT2D eigenvalue weighted by molar-refractivity contribution is 6.31. The molecule has 0 N–H and O–H groups in total. The second-order valence-electron chi connectivity index (χ2n) is 7.68. The van der Waals surface area contributed by atoms with Crippen LogP contribution in [0.3, 0.4) is 0 Å². The molecule has 0 spiro atoms. The van der Waals surface area contributed by atoms with Crippen molar-refractivity contribution in [2.45, 2.75) is 32.7 Å². The van der Waals surface area contributed by atoms with Gasteiger partial charge in [0.1, 0.15) is 5.75 Å². The summed E-state index contributed by atoms with van der Waals surface area (Å²) >= 11 is 6.08. The number of nitrogens with zero attached hydrogens (tertiary/aromatic N) is 5. The number of ether oxygens (including phenoxy) is 1. The number of carbonyl (C=O) groups excluding carboxylic acids is 1. The summed E-state index contributed by atoms with van der Waals surface area (Å²) < 4.78 is 8.57. The molecule has 31 heavy (non-hydrogen) atoms. The number of hydrogen-bond acceptors (Lipinski definition) is 5. The molecular weight excluding hydrogens is 418 g/mol. The Kier molecular flexibility index (Phi) is 5.82. The number of amides is 1. The molecule has 1 amide bonds. The van der Waals surface area contributed by atoms with Crippen molar-refractivity contribution in [3.05, 3.63) is 68.7 Å². The minimum absolute atomic E-state index is 0.0882. The van der Waals surface area contributed by atoms with E-state index in [2.05, 4.69) is 10.2 Å². The molecule has 1 aliphatic rings. The highest BCUT2D eigenvalue weighted by atomic mass is 35.5. The molecule has 4 rings (SSSR count). The summed E-state index contributed by atoms with van der Waals surface area (Å²) in [4.78, 5) is 27.3. The van der Waals surface area contributed by atoms with Crippen LogP contribution in [0.2, 0.25) is 5.02 Å². The van der Waals surface area contributed by atoms with Crippen molar-refractivity contribution in [1.29, 1.82) is 0 Å². The minimum Gasteiger partial charge on any atom is -0.496 e. The summed E-state index contributed by atoms with van der Waals surface area (Å²) in [6.45, 7) is 4.89. The van der Waals surface area contributed by atoms with Crippen LogP contribution in [0.5, 0.6) is 5.75 Å².